The highest BCUT2D eigenvalue weighted by Crippen LogP contribution is 2.41. The molecule has 2 bridgehead atoms. The first-order valence-electron chi connectivity index (χ1n) is 5.52. The summed E-state index contributed by atoms with van der Waals surface area (Å²) in [6, 6.07) is 0. The third-order valence-corrected chi connectivity index (χ3v) is 3.65. The van der Waals surface area contributed by atoms with E-state index < -0.39 is 0 Å². The van der Waals surface area contributed by atoms with Gasteiger partial charge in [0.15, 0.2) is 0 Å². The Balaban J connectivity index is 1.95. The molecular weight excluding hydrogens is 180 g/mol. The number of rotatable bonds is 1. The Morgan fingerprint density at radius 2 is 1.93 bits per heavy atom. The number of hydrogen-bond donors (Lipinski definition) is 1. The summed E-state index contributed by atoms with van der Waals surface area (Å²) in [6.07, 6.45) is 4.89. The average Bonchev–Trinajstić information content (AvgIpc) is 2.14. The van der Waals surface area contributed by atoms with E-state index in [4.69, 9.17) is 4.74 Å². The summed E-state index contributed by atoms with van der Waals surface area (Å²) >= 11 is 0. The minimum Gasteiger partial charge on any atom is -0.462 e. The zero-order valence-corrected chi connectivity index (χ0v) is 8.61. The molecule has 2 aliphatic rings. The van der Waals surface area contributed by atoms with E-state index in [0.717, 1.165) is 32.1 Å². The molecule has 0 heterocycles. The monoisotopic (exact) mass is 198 g/mol. The molecule has 2 fully saturated rings. The largest absolute Gasteiger partial charge is 0.462 e. The fourth-order valence-corrected chi connectivity index (χ4v) is 2.91. The van der Waals surface area contributed by atoms with Crippen LogP contribution >= 0.6 is 0 Å². The fraction of sp³-hybridized carbons (Fsp3) is 0.909. The van der Waals surface area contributed by atoms with Crippen molar-refractivity contribution < 1.29 is 14.6 Å². The number of aliphatic hydroxyl groups excluding tert-OH is 1. The molecule has 3 nitrogen and oxygen atoms in total. The van der Waals surface area contributed by atoms with Gasteiger partial charge in [0.05, 0.1) is 6.10 Å². The Bertz CT molecular complexity index is 227. The van der Waals surface area contributed by atoms with Crippen molar-refractivity contribution in [3.05, 3.63) is 0 Å². The minimum atomic E-state index is -0.167. The molecule has 0 radical (unpaired) electrons. The van der Waals surface area contributed by atoms with Crippen LogP contribution in [0.3, 0.4) is 0 Å². The van der Waals surface area contributed by atoms with Crippen molar-refractivity contribution >= 4 is 5.97 Å². The minimum absolute atomic E-state index is 0.107. The molecular formula is C11H18O3. The van der Waals surface area contributed by atoms with Crippen molar-refractivity contribution in [2.24, 2.45) is 11.8 Å². The number of ether oxygens (including phenoxy) is 1. The van der Waals surface area contributed by atoms with E-state index >= 15 is 0 Å². The molecule has 0 aliphatic heterocycles. The van der Waals surface area contributed by atoms with Gasteiger partial charge in [-0.2, -0.15) is 0 Å². The Hall–Kier alpha value is -0.570. The van der Waals surface area contributed by atoms with Gasteiger partial charge in [-0.3, -0.25) is 4.79 Å². The summed E-state index contributed by atoms with van der Waals surface area (Å²) in [6.45, 7) is 1.48. The first-order valence-corrected chi connectivity index (χ1v) is 5.52. The lowest BCUT2D eigenvalue weighted by Gasteiger charge is -2.41. The van der Waals surface area contributed by atoms with Crippen molar-refractivity contribution in [2.45, 2.75) is 51.2 Å². The van der Waals surface area contributed by atoms with Crippen LogP contribution < -0.4 is 0 Å². The quantitative estimate of drug-likeness (QED) is 0.649. The van der Waals surface area contributed by atoms with E-state index in [2.05, 4.69) is 0 Å². The molecule has 2 saturated carbocycles. The fourth-order valence-electron chi connectivity index (χ4n) is 2.91. The van der Waals surface area contributed by atoms with Crippen LogP contribution in [0.1, 0.15) is 39.0 Å². The Morgan fingerprint density at radius 1 is 1.21 bits per heavy atom. The van der Waals surface area contributed by atoms with Gasteiger partial charge < -0.3 is 9.84 Å². The maximum atomic E-state index is 10.9. The predicted molar refractivity (Wildman–Crippen MR) is 51.6 cm³/mol. The molecule has 0 amide bonds. The summed E-state index contributed by atoms with van der Waals surface area (Å²) in [5.74, 6) is 0.793. The maximum Gasteiger partial charge on any atom is 0.302 e. The summed E-state index contributed by atoms with van der Waals surface area (Å²) in [4.78, 5) is 10.9. The van der Waals surface area contributed by atoms with Crippen LogP contribution in [0, 0.1) is 11.8 Å². The SMILES string of the molecule is CC(=O)O[C@H]1CC[C@H]2C[C@@H]1CC[C@@H]2O. The second-order valence-electron chi connectivity index (χ2n) is 4.63. The smallest absolute Gasteiger partial charge is 0.302 e. The molecule has 0 spiro atoms. The van der Waals surface area contributed by atoms with E-state index in [-0.39, 0.29) is 18.2 Å². The van der Waals surface area contributed by atoms with Crippen molar-refractivity contribution in [1.82, 2.24) is 0 Å². The molecule has 80 valence electrons. The molecule has 14 heavy (non-hydrogen) atoms. The molecule has 1 N–H and O–H groups in total. The lowest BCUT2D eigenvalue weighted by molar-refractivity contribution is -0.154. The van der Waals surface area contributed by atoms with Gasteiger partial charge >= 0.3 is 5.97 Å². The van der Waals surface area contributed by atoms with Gasteiger partial charge in [-0.05, 0) is 43.9 Å². The number of aliphatic hydroxyl groups is 1. The van der Waals surface area contributed by atoms with Crippen LogP contribution in [0.2, 0.25) is 0 Å². The summed E-state index contributed by atoms with van der Waals surface area (Å²) < 4.78 is 5.29. The highest BCUT2D eigenvalue weighted by Gasteiger charge is 2.39. The lowest BCUT2D eigenvalue weighted by Crippen LogP contribution is -2.41. The zero-order chi connectivity index (χ0) is 10.1. The van der Waals surface area contributed by atoms with E-state index in [1.54, 1.807) is 0 Å². The van der Waals surface area contributed by atoms with Crippen LogP contribution in [0.5, 0.6) is 0 Å². The van der Waals surface area contributed by atoms with Gasteiger partial charge in [0.25, 0.3) is 0 Å². The van der Waals surface area contributed by atoms with Crippen LogP contribution in [0.15, 0.2) is 0 Å². The van der Waals surface area contributed by atoms with Crippen LogP contribution in [0.4, 0.5) is 0 Å². The summed E-state index contributed by atoms with van der Waals surface area (Å²) in [5.41, 5.74) is 0. The maximum absolute atomic E-state index is 10.9. The highest BCUT2D eigenvalue weighted by atomic mass is 16.5. The first kappa shape index (κ1) is 9.97. The van der Waals surface area contributed by atoms with Gasteiger partial charge in [0.2, 0.25) is 0 Å². The first-order chi connectivity index (χ1) is 6.66. The lowest BCUT2D eigenvalue weighted by atomic mass is 9.69. The van der Waals surface area contributed by atoms with E-state index in [1.165, 1.54) is 6.92 Å². The van der Waals surface area contributed by atoms with Crippen molar-refractivity contribution in [3.63, 3.8) is 0 Å². The molecule has 0 aromatic heterocycles. The summed E-state index contributed by atoms with van der Waals surface area (Å²) in [5, 5.41) is 9.68. The van der Waals surface area contributed by atoms with E-state index in [1.807, 2.05) is 0 Å². The van der Waals surface area contributed by atoms with Gasteiger partial charge in [-0.15, -0.1) is 0 Å². The molecule has 0 saturated heterocycles. The number of esters is 1. The van der Waals surface area contributed by atoms with Crippen LogP contribution in [-0.4, -0.2) is 23.3 Å². The molecule has 2 rings (SSSR count). The van der Waals surface area contributed by atoms with Crippen molar-refractivity contribution in [3.8, 4) is 0 Å². The Morgan fingerprint density at radius 3 is 2.64 bits per heavy atom. The molecule has 2 aliphatic carbocycles. The van der Waals surface area contributed by atoms with Crippen LogP contribution in [-0.2, 0) is 9.53 Å². The number of hydrogen-bond acceptors (Lipinski definition) is 3. The standard InChI is InChI=1S/C11H18O3/c1-7(12)14-11-5-3-8-6-9(11)2-4-10(8)13/h8-11,13H,2-6H2,1H3/t8-,9-,10-,11-/m0/s1. The van der Waals surface area contributed by atoms with Crippen molar-refractivity contribution in [2.75, 3.05) is 0 Å². The van der Waals surface area contributed by atoms with E-state index in [0.29, 0.717) is 11.8 Å². The zero-order valence-electron chi connectivity index (χ0n) is 8.61. The van der Waals surface area contributed by atoms with Gasteiger partial charge in [-0.25, -0.2) is 0 Å². The van der Waals surface area contributed by atoms with E-state index in [9.17, 15) is 9.90 Å². The highest BCUT2D eigenvalue weighted by molar-refractivity contribution is 5.66. The average molecular weight is 198 g/mol. The molecule has 0 aromatic carbocycles. The van der Waals surface area contributed by atoms with Crippen LogP contribution in [0.25, 0.3) is 0 Å². The summed E-state index contributed by atoms with van der Waals surface area (Å²) in [7, 11) is 0. The normalized spacial score (nSPS) is 41.9. The second kappa shape index (κ2) is 3.89. The number of carbonyl (C=O) groups is 1. The topological polar surface area (TPSA) is 46.5 Å². The van der Waals surface area contributed by atoms with Gasteiger partial charge in [-0.1, -0.05) is 0 Å². The third kappa shape index (κ3) is 1.92. The molecule has 0 aromatic rings. The molecule has 3 heteroatoms. The molecule has 0 unspecified atom stereocenters. The number of carbonyl (C=O) groups excluding carboxylic acids is 1. The Labute approximate surface area is 84.4 Å². The van der Waals surface area contributed by atoms with Gasteiger partial charge in [0, 0.05) is 6.92 Å². The molecule has 4 atom stereocenters. The third-order valence-electron chi connectivity index (χ3n) is 3.65. The van der Waals surface area contributed by atoms with Gasteiger partial charge in [0.1, 0.15) is 6.10 Å². The number of fused-ring (bicyclic) bond motifs is 2. The predicted octanol–water partition coefficient (Wildman–Crippen LogP) is 1.49. The second-order valence-corrected chi connectivity index (χ2v) is 4.63. The van der Waals surface area contributed by atoms with Crippen molar-refractivity contribution in [1.29, 1.82) is 0 Å². The Kier molecular flexibility index (Phi) is 2.77.